The number of ether oxygens (including phenoxy) is 1. The number of anilines is 1. The number of amides is 1. The molecular formula is C18H15BrFNO2S. The number of carbonyl (C=O) groups is 1. The predicted octanol–water partition coefficient (Wildman–Crippen LogP) is 5.51. The quantitative estimate of drug-likeness (QED) is 0.618. The molecule has 3 aromatic rings. The Balaban J connectivity index is 2.01. The van der Waals surface area contributed by atoms with Crippen molar-refractivity contribution in [2.24, 2.45) is 0 Å². The van der Waals surface area contributed by atoms with Crippen molar-refractivity contribution in [3.63, 3.8) is 0 Å². The zero-order valence-electron chi connectivity index (χ0n) is 13.2. The van der Waals surface area contributed by atoms with Gasteiger partial charge in [0.15, 0.2) is 0 Å². The zero-order valence-corrected chi connectivity index (χ0v) is 15.6. The van der Waals surface area contributed by atoms with E-state index in [1.165, 1.54) is 24.5 Å². The van der Waals surface area contributed by atoms with E-state index in [-0.39, 0.29) is 18.3 Å². The molecule has 0 spiro atoms. The first kappa shape index (κ1) is 17.1. The first-order valence-corrected chi connectivity index (χ1v) is 8.88. The molecule has 3 rings (SSSR count). The van der Waals surface area contributed by atoms with Crippen LogP contribution >= 0.6 is 27.3 Å². The summed E-state index contributed by atoms with van der Waals surface area (Å²) >= 11 is 4.71. The van der Waals surface area contributed by atoms with Gasteiger partial charge in [-0.05, 0) is 42.8 Å². The van der Waals surface area contributed by atoms with Crippen molar-refractivity contribution in [2.45, 2.75) is 13.5 Å². The normalized spacial score (nSPS) is 11.0. The number of aryl methyl sites for hydroxylation is 1. The maximum absolute atomic E-state index is 14.2. The Morgan fingerprint density at radius 3 is 2.83 bits per heavy atom. The minimum atomic E-state index is -0.339. The van der Waals surface area contributed by atoms with E-state index in [4.69, 9.17) is 4.74 Å². The average Bonchev–Trinajstić information content (AvgIpc) is 2.91. The lowest BCUT2D eigenvalue weighted by Gasteiger charge is -2.08. The Bertz CT molecular complexity index is 923. The second kappa shape index (κ2) is 7.01. The van der Waals surface area contributed by atoms with Gasteiger partial charge >= 0.3 is 0 Å². The fraction of sp³-hybridized carbons (Fsp3) is 0.167. The van der Waals surface area contributed by atoms with Crippen molar-refractivity contribution in [3.8, 4) is 0 Å². The van der Waals surface area contributed by atoms with Gasteiger partial charge in [-0.2, -0.15) is 0 Å². The van der Waals surface area contributed by atoms with Gasteiger partial charge in [0.25, 0.3) is 5.91 Å². The Labute approximate surface area is 151 Å². The molecule has 0 saturated heterocycles. The Hall–Kier alpha value is -1.76. The highest BCUT2D eigenvalue weighted by Crippen LogP contribution is 2.34. The van der Waals surface area contributed by atoms with Crippen LogP contribution in [-0.4, -0.2) is 13.0 Å². The van der Waals surface area contributed by atoms with E-state index in [1.807, 2.05) is 31.2 Å². The summed E-state index contributed by atoms with van der Waals surface area (Å²) in [5.74, 6) is -0.598. The standard InChI is InChI=1S/C18H15BrFNO2S/c1-10-8-11(6-7-13(10)19)21-18(22)17-12(9-23-2)16-14(20)4-3-5-15(16)24-17/h3-8H,9H2,1-2H3,(H,21,22). The van der Waals surface area contributed by atoms with Crippen LogP contribution in [0.15, 0.2) is 40.9 Å². The monoisotopic (exact) mass is 407 g/mol. The van der Waals surface area contributed by atoms with Gasteiger partial charge in [-0.3, -0.25) is 4.79 Å². The van der Waals surface area contributed by atoms with Gasteiger partial charge in [-0.15, -0.1) is 11.3 Å². The molecule has 1 N–H and O–H groups in total. The van der Waals surface area contributed by atoms with Crippen LogP contribution in [0.1, 0.15) is 20.8 Å². The molecule has 0 saturated carbocycles. The third-order valence-electron chi connectivity index (χ3n) is 3.67. The summed E-state index contributed by atoms with van der Waals surface area (Å²) in [5, 5.41) is 3.34. The van der Waals surface area contributed by atoms with Crippen molar-refractivity contribution in [2.75, 3.05) is 12.4 Å². The first-order chi connectivity index (χ1) is 11.5. The second-order valence-corrected chi connectivity index (χ2v) is 7.28. The average molecular weight is 408 g/mol. The third kappa shape index (κ3) is 3.22. The molecule has 0 atom stereocenters. The number of halogens is 2. The lowest BCUT2D eigenvalue weighted by molar-refractivity contribution is 0.102. The maximum Gasteiger partial charge on any atom is 0.266 e. The fourth-order valence-electron chi connectivity index (χ4n) is 2.54. The van der Waals surface area contributed by atoms with E-state index >= 15 is 0 Å². The van der Waals surface area contributed by atoms with Gasteiger partial charge in [0.1, 0.15) is 5.82 Å². The van der Waals surface area contributed by atoms with Gasteiger partial charge in [0.2, 0.25) is 0 Å². The lowest BCUT2D eigenvalue weighted by Crippen LogP contribution is -2.12. The van der Waals surface area contributed by atoms with Crippen LogP contribution in [0.4, 0.5) is 10.1 Å². The van der Waals surface area contributed by atoms with Crippen molar-refractivity contribution in [1.29, 1.82) is 0 Å². The molecule has 6 heteroatoms. The van der Waals surface area contributed by atoms with E-state index in [9.17, 15) is 9.18 Å². The molecule has 1 aromatic heterocycles. The molecule has 0 aliphatic rings. The highest BCUT2D eigenvalue weighted by molar-refractivity contribution is 9.10. The topological polar surface area (TPSA) is 38.3 Å². The van der Waals surface area contributed by atoms with Crippen LogP contribution < -0.4 is 5.32 Å². The molecule has 0 unspecified atom stereocenters. The largest absolute Gasteiger partial charge is 0.380 e. The maximum atomic E-state index is 14.2. The fourth-order valence-corrected chi connectivity index (χ4v) is 3.91. The number of thiophene rings is 1. The number of nitrogens with one attached hydrogen (secondary N) is 1. The minimum Gasteiger partial charge on any atom is -0.380 e. The number of hydrogen-bond acceptors (Lipinski definition) is 3. The summed E-state index contributed by atoms with van der Waals surface area (Å²) in [6.45, 7) is 2.13. The SMILES string of the molecule is COCc1c(C(=O)Nc2ccc(Br)c(C)c2)sc2cccc(F)c12. The van der Waals surface area contributed by atoms with Gasteiger partial charge < -0.3 is 10.1 Å². The van der Waals surface area contributed by atoms with Gasteiger partial charge in [0.05, 0.1) is 11.5 Å². The van der Waals surface area contributed by atoms with Crippen LogP contribution in [0.2, 0.25) is 0 Å². The van der Waals surface area contributed by atoms with E-state index in [2.05, 4.69) is 21.2 Å². The molecule has 24 heavy (non-hydrogen) atoms. The molecule has 1 amide bonds. The number of carbonyl (C=O) groups excluding carboxylic acids is 1. The van der Waals surface area contributed by atoms with Gasteiger partial charge in [0, 0.05) is 32.9 Å². The van der Waals surface area contributed by atoms with E-state index in [0.717, 1.165) is 14.7 Å². The number of fused-ring (bicyclic) bond motifs is 1. The highest BCUT2D eigenvalue weighted by Gasteiger charge is 2.20. The molecule has 124 valence electrons. The highest BCUT2D eigenvalue weighted by atomic mass is 79.9. The molecule has 0 aliphatic carbocycles. The van der Waals surface area contributed by atoms with E-state index in [1.54, 1.807) is 6.07 Å². The van der Waals surface area contributed by atoms with Crippen LogP contribution in [0.25, 0.3) is 10.1 Å². The Kier molecular flexibility index (Phi) is 4.99. The molecule has 0 fully saturated rings. The molecule has 0 radical (unpaired) electrons. The summed E-state index contributed by atoms with van der Waals surface area (Å²) in [6, 6.07) is 10.4. The van der Waals surface area contributed by atoms with Crippen molar-refractivity contribution in [1.82, 2.24) is 0 Å². The summed E-state index contributed by atoms with van der Waals surface area (Å²) in [4.78, 5) is 13.2. The van der Waals surface area contributed by atoms with Crippen LogP contribution in [0.3, 0.4) is 0 Å². The molecule has 1 heterocycles. The van der Waals surface area contributed by atoms with E-state index < -0.39 is 0 Å². The van der Waals surface area contributed by atoms with Gasteiger partial charge in [-0.1, -0.05) is 22.0 Å². The van der Waals surface area contributed by atoms with Crippen molar-refractivity contribution >= 4 is 48.9 Å². The number of benzene rings is 2. The molecular weight excluding hydrogens is 393 g/mol. The minimum absolute atomic E-state index is 0.184. The van der Waals surface area contributed by atoms with Crippen LogP contribution in [0.5, 0.6) is 0 Å². The summed E-state index contributed by atoms with van der Waals surface area (Å²) in [7, 11) is 1.53. The second-order valence-electron chi connectivity index (χ2n) is 5.37. The molecule has 0 bridgehead atoms. The molecule has 3 nitrogen and oxygen atoms in total. The van der Waals surface area contributed by atoms with Crippen LogP contribution in [0, 0.1) is 12.7 Å². The number of rotatable bonds is 4. The van der Waals surface area contributed by atoms with Crippen LogP contribution in [-0.2, 0) is 11.3 Å². The third-order valence-corrected chi connectivity index (χ3v) is 5.76. The Morgan fingerprint density at radius 1 is 1.33 bits per heavy atom. The molecule has 2 aromatic carbocycles. The number of hydrogen-bond donors (Lipinski definition) is 1. The van der Waals surface area contributed by atoms with E-state index in [0.29, 0.717) is 21.5 Å². The van der Waals surface area contributed by atoms with Crippen molar-refractivity contribution < 1.29 is 13.9 Å². The summed E-state index contributed by atoms with van der Waals surface area (Å²) in [6.07, 6.45) is 0. The lowest BCUT2D eigenvalue weighted by atomic mass is 10.1. The summed E-state index contributed by atoms with van der Waals surface area (Å²) in [5.41, 5.74) is 2.30. The predicted molar refractivity (Wildman–Crippen MR) is 99.3 cm³/mol. The molecule has 0 aliphatic heterocycles. The Morgan fingerprint density at radius 2 is 2.12 bits per heavy atom. The first-order valence-electron chi connectivity index (χ1n) is 7.27. The number of methoxy groups -OCH3 is 1. The summed E-state index contributed by atoms with van der Waals surface area (Å²) < 4.78 is 21.1. The van der Waals surface area contributed by atoms with Gasteiger partial charge in [-0.25, -0.2) is 4.39 Å². The van der Waals surface area contributed by atoms with Crippen molar-refractivity contribution in [3.05, 3.63) is 62.7 Å². The zero-order chi connectivity index (χ0) is 17.3. The smallest absolute Gasteiger partial charge is 0.266 e.